The van der Waals surface area contributed by atoms with E-state index in [0.29, 0.717) is 0 Å². The van der Waals surface area contributed by atoms with Gasteiger partial charge in [-0.25, -0.2) is 0 Å². The standard InChI is InChI=1S/C21H34N2O/c1-20(2,3)16-21(4,5)22-19(24)18-11-13-23(14-12-18)15-17-9-7-6-8-10-17/h6-10,18H,11-16H2,1-5H3,(H,22,24). The van der Waals surface area contributed by atoms with Gasteiger partial charge in [-0.05, 0) is 57.2 Å². The van der Waals surface area contributed by atoms with Crippen molar-refractivity contribution in [2.75, 3.05) is 13.1 Å². The van der Waals surface area contributed by atoms with Gasteiger partial charge in [0, 0.05) is 18.0 Å². The SMILES string of the molecule is CC(C)(C)CC(C)(C)NC(=O)C1CCN(Cc2ccccc2)CC1. The average molecular weight is 331 g/mol. The number of piperidine rings is 1. The van der Waals surface area contributed by atoms with E-state index in [-0.39, 0.29) is 22.8 Å². The highest BCUT2D eigenvalue weighted by atomic mass is 16.2. The Kier molecular flexibility index (Phi) is 6.08. The predicted octanol–water partition coefficient (Wildman–Crippen LogP) is 4.23. The van der Waals surface area contributed by atoms with Gasteiger partial charge in [0.2, 0.25) is 5.91 Å². The molecule has 1 amide bonds. The largest absolute Gasteiger partial charge is 0.351 e. The zero-order chi connectivity index (χ0) is 17.8. The van der Waals surface area contributed by atoms with Crippen LogP contribution in [0.2, 0.25) is 0 Å². The molecule has 2 rings (SSSR count). The first-order valence-corrected chi connectivity index (χ1v) is 9.23. The van der Waals surface area contributed by atoms with Crippen molar-refractivity contribution in [2.24, 2.45) is 11.3 Å². The molecule has 1 N–H and O–H groups in total. The smallest absolute Gasteiger partial charge is 0.223 e. The predicted molar refractivity (Wildman–Crippen MR) is 101 cm³/mol. The molecule has 1 aromatic carbocycles. The first-order valence-electron chi connectivity index (χ1n) is 9.23. The lowest BCUT2D eigenvalue weighted by atomic mass is 9.81. The number of likely N-dealkylation sites (tertiary alicyclic amines) is 1. The van der Waals surface area contributed by atoms with Gasteiger partial charge in [0.25, 0.3) is 0 Å². The van der Waals surface area contributed by atoms with Crippen molar-refractivity contribution in [3.63, 3.8) is 0 Å². The lowest BCUT2D eigenvalue weighted by Crippen LogP contribution is -2.49. The minimum atomic E-state index is -0.142. The molecule has 0 aliphatic carbocycles. The van der Waals surface area contributed by atoms with Crippen LogP contribution in [-0.2, 0) is 11.3 Å². The molecule has 0 radical (unpaired) electrons. The monoisotopic (exact) mass is 330 g/mol. The molecule has 1 aliphatic heterocycles. The van der Waals surface area contributed by atoms with Crippen LogP contribution in [0.4, 0.5) is 0 Å². The van der Waals surface area contributed by atoms with Crippen LogP contribution < -0.4 is 5.32 Å². The fourth-order valence-electron chi connectivity index (χ4n) is 4.00. The molecule has 1 aromatic rings. The van der Waals surface area contributed by atoms with E-state index in [1.54, 1.807) is 0 Å². The first kappa shape index (κ1) is 19.0. The number of amides is 1. The van der Waals surface area contributed by atoms with E-state index in [9.17, 15) is 4.79 Å². The molecule has 1 heterocycles. The molecule has 0 aromatic heterocycles. The lowest BCUT2D eigenvalue weighted by Gasteiger charge is -2.36. The Morgan fingerprint density at radius 2 is 1.67 bits per heavy atom. The average Bonchev–Trinajstić information content (AvgIpc) is 2.46. The molecule has 0 atom stereocenters. The fraction of sp³-hybridized carbons (Fsp3) is 0.667. The van der Waals surface area contributed by atoms with Crippen molar-refractivity contribution in [3.8, 4) is 0 Å². The highest BCUT2D eigenvalue weighted by Crippen LogP contribution is 2.28. The summed E-state index contributed by atoms with van der Waals surface area (Å²) in [4.78, 5) is 15.1. The van der Waals surface area contributed by atoms with Gasteiger partial charge in [-0.2, -0.15) is 0 Å². The maximum atomic E-state index is 12.6. The Morgan fingerprint density at radius 3 is 2.21 bits per heavy atom. The van der Waals surface area contributed by atoms with Crippen molar-refractivity contribution >= 4 is 5.91 Å². The molecule has 0 unspecified atom stereocenters. The van der Waals surface area contributed by atoms with Crippen LogP contribution in [0.3, 0.4) is 0 Å². The maximum Gasteiger partial charge on any atom is 0.223 e. The number of hydrogen-bond acceptors (Lipinski definition) is 2. The molecular weight excluding hydrogens is 296 g/mol. The molecule has 1 aliphatic rings. The third-order valence-electron chi connectivity index (χ3n) is 4.64. The van der Waals surface area contributed by atoms with Gasteiger partial charge in [0.15, 0.2) is 0 Å². The molecule has 1 fully saturated rings. The zero-order valence-electron chi connectivity index (χ0n) is 16.1. The summed E-state index contributed by atoms with van der Waals surface area (Å²) in [5.41, 5.74) is 1.43. The Labute approximate surface area is 147 Å². The molecule has 3 nitrogen and oxygen atoms in total. The third-order valence-corrected chi connectivity index (χ3v) is 4.64. The normalized spacial score (nSPS) is 17.7. The number of hydrogen-bond donors (Lipinski definition) is 1. The summed E-state index contributed by atoms with van der Waals surface area (Å²) in [6, 6.07) is 10.6. The van der Waals surface area contributed by atoms with Crippen molar-refractivity contribution in [2.45, 2.75) is 66.0 Å². The second-order valence-electron chi connectivity index (χ2n) is 9.15. The van der Waals surface area contributed by atoms with E-state index >= 15 is 0 Å². The van der Waals surface area contributed by atoms with Crippen LogP contribution in [0.5, 0.6) is 0 Å². The number of rotatable bonds is 5. The molecule has 0 spiro atoms. The summed E-state index contributed by atoms with van der Waals surface area (Å²) in [7, 11) is 0. The summed E-state index contributed by atoms with van der Waals surface area (Å²) in [6.07, 6.45) is 2.91. The Balaban J connectivity index is 1.80. The van der Waals surface area contributed by atoms with Crippen molar-refractivity contribution < 1.29 is 4.79 Å². The number of nitrogens with one attached hydrogen (secondary N) is 1. The Bertz CT molecular complexity index is 523. The minimum Gasteiger partial charge on any atom is -0.351 e. The molecule has 0 bridgehead atoms. The summed E-state index contributed by atoms with van der Waals surface area (Å²) < 4.78 is 0. The van der Waals surface area contributed by atoms with Gasteiger partial charge in [-0.15, -0.1) is 0 Å². The number of nitrogens with zero attached hydrogens (tertiary/aromatic N) is 1. The van der Waals surface area contributed by atoms with E-state index in [2.05, 4.69) is 75.2 Å². The molecular formula is C21H34N2O. The topological polar surface area (TPSA) is 32.3 Å². The van der Waals surface area contributed by atoms with Gasteiger partial charge in [0.1, 0.15) is 0 Å². The summed E-state index contributed by atoms with van der Waals surface area (Å²) >= 11 is 0. The van der Waals surface area contributed by atoms with E-state index in [4.69, 9.17) is 0 Å². The van der Waals surface area contributed by atoms with Gasteiger partial charge < -0.3 is 5.32 Å². The first-order chi connectivity index (χ1) is 11.1. The van der Waals surface area contributed by atoms with Gasteiger partial charge in [-0.3, -0.25) is 9.69 Å². The van der Waals surface area contributed by atoms with Gasteiger partial charge in [-0.1, -0.05) is 51.1 Å². The number of carbonyl (C=O) groups excluding carboxylic acids is 1. The van der Waals surface area contributed by atoms with E-state index < -0.39 is 0 Å². The third kappa shape index (κ3) is 6.27. The number of benzene rings is 1. The lowest BCUT2D eigenvalue weighted by molar-refractivity contribution is -0.128. The van der Waals surface area contributed by atoms with Crippen LogP contribution in [0.1, 0.15) is 59.4 Å². The van der Waals surface area contributed by atoms with Gasteiger partial charge >= 0.3 is 0 Å². The molecule has 24 heavy (non-hydrogen) atoms. The van der Waals surface area contributed by atoms with Crippen molar-refractivity contribution in [1.29, 1.82) is 0 Å². The van der Waals surface area contributed by atoms with E-state index in [1.807, 2.05) is 0 Å². The van der Waals surface area contributed by atoms with Crippen LogP contribution in [-0.4, -0.2) is 29.4 Å². The molecule has 0 saturated carbocycles. The van der Waals surface area contributed by atoms with E-state index in [0.717, 1.165) is 38.9 Å². The molecule has 1 saturated heterocycles. The number of carbonyl (C=O) groups is 1. The molecule has 134 valence electrons. The second kappa shape index (κ2) is 7.69. The van der Waals surface area contributed by atoms with Crippen LogP contribution in [0.25, 0.3) is 0 Å². The highest BCUT2D eigenvalue weighted by molar-refractivity contribution is 5.79. The minimum absolute atomic E-state index is 0.142. The van der Waals surface area contributed by atoms with Crippen LogP contribution in [0.15, 0.2) is 30.3 Å². The van der Waals surface area contributed by atoms with Crippen molar-refractivity contribution in [1.82, 2.24) is 10.2 Å². The van der Waals surface area contributed by atoms with Gasteiger partial charge in [0.05, 0.1) is 0 Å². The maximum absolute atomic E-state index is 12.6. The summed E-state index contributed by atoms with van der Waals surface area (Å²) in [6.45, 7) is 14.0. The highest BCUT2D eigenvalue weighted by Gasteiger charge is 2.31. The van der Waals surface area contributed by atoms with Crippen LogP contribution >= 0.6 is 0 Å². The van der Waals surface area contributed by atoms with Crippen molar-refractivity contribution in [3.05, 3.63) is 35.9 Å². The van der Waals surface area contributed by atoms with E-state index in [1.165, 1.54) is 5.56 Å². The molecule has 3 heteroatoms. The summed E-state index contributed by atoms with van der Waals surface area (Å²) in [5, 5.41) is 3.29. The fourth-order valence-corrected chi connectivity index (χ4v) is 4.00. The Hall–Kier alpha value is -1.35. The van der Waals surface area contributed by atoms with Crippen LogP contribution in [0, 0.1) is 11.3 Å². The second-order valence-corrected chi connectivity index (χ2v) is 9.15. The zero-order valence-corrected chi connectivity index (χ0v) is 16.1. The Morgan fingerprint density at radius 1 is 1.08 bits per heavy atom. The quantitative estimate of drug-likeness (QED) is 0.876. The summed E-state index contributed by atoms with van der Waals surface area (Å²) in [5.74, 6) is 0.403.